The summed E-state index contributed by atoms with van der Waals surface area (Å²) in [5.74, 6) is -1.05. The fraction of sp³-hybridized carbons (Fsp3) is 0.857. The highest BCUT2D eigenvalue weighted by molar-refractivity contribution is 5.80. The van der Waals surface area contributed by atoms with Crippen molar-refractivity contribution in [1.29, 1.82) is 0 Å². The number of aliphatic carboxylic acids is 1. The molecule has 0 rings (SSSR count). The number of nitrogens with zero attached hydrogens (tertiary/aromatic N) is 1. The Morgan fingerprint density at radius 1 is 1.20 bits per heavy atom. The molecule has 0 aromatic heterocycles. The van der Waals surface area contributed by atoms with Crippen LogP contribution >= 0.6 is 0 Å². The van der Waals surface area contributed by atoms with E-state index >= 15 is 0 Å². The fourth-order valence-corrected chi connectivity index (χ4v) is 2.12. The van der Waals surface area contributed by atoms with Crippen molar-refractivity contribution >= 4 is 12.1 Å². The van der Waals surface area contributed by atoms with E-state index in [0.29, 0.717) is 6.42 Å². The first-order valence-electron chi connectivity index (χ1n) is 6.69. The van der Waals surface area contributed by atoms with Gasteiger partial charge in [0.25, 0.3) is 0 Å². The van der Waals surface area contributed by atoms with Gasteiger partial charge in [-0.15, -0.1) is 0 Å². The summed E-state index contributed by atoms with van der Waals surface area (Å²) in [5.41, 5.74) is -0.881. The average molecular weight is 288 g/mol. The van der Waals surface area contributed by atoms with Crippen molar-refractivity contribution in [2.45, 2.75) is 52.7 Å². The summed E-state index contributed by atoms with van der Waals surface area (Å²) in [6.07, 6.45) is -0.370. The zero-order valence-electron chi connectivity index (χ0n) is 13.6. The molecule has 0 aliphatic rings. The molecule has 0 aromatic carbocycles. The van der Waals surface area contributed by atoms with Gasteiger partial charge in [0.2, 0.25) is 0 Å². The summed E-state index contributed by atoms with van der Waals surface area (Å²) >= 11 is 0. The molecule has 0 saturated heterocycles. The summed E-state index contributed by atoms with van der Waals surface area (Å²) in [5, 5.41) is 11.7. The largest absolute Gasteiger partial charge is 0.480 e. The Morgan fingerprint density at radius 2 is 1.70 bits per heavy atom. The van der Waals surface area contributed by atoms with E-state index in [2.05, 4.69) is 5.32 Å². The third-order valence-electron chi connectivity index (χ3n) is 2.49. The first-order valence-corrected chi connectivity index (χ1v) is 6.69. The van der Waals surface area contributed by atoms with Crippen molar-refractivity contribution in [1.82, 2.24) is 10.2 Å². The minimum absolute atomic E-state index is 0.235. The van der Waals surface area contributed by atoms with Crippen LogP contribution in [0.25, 0.3) is 0 Å². The third-order valence-corrected chi connectivity index (χ3v) is 2.49. The predicted octanol–water partition coefficient (Wildman–Crippen LogP) is 1.94. The van der Waals surface area contributed by atoms with E-state index in [0.717, 1.165) is 6.54 Å². The number of nitrogens with one attached hydrogen (secondary N) is 1. The van der Waals surface area contributed by atoms with E-state index in [1.807, 2.05) is 32.8 Å². The molecule has 6 nitrogen and oxygen atoms in total. The van der Waals surface area contributed by atoms with Gasteiger partial charge in [-0.1, -0.05) is 13.8 Å². The first-order chi connectivity index (χ1) is 8.82. The Morgan fingerprint density at radius 3 is 2.05 bits per heavy atom. The highest BCUT2D eigenvalue weighted by Crippen LogP contribution is 2.23. The van der Waals surface area contributed by atoms with Crippen molar-refractivity contribution in [3.63, 3.8) is 0 Å². The van der Waals surface area contributed by atoms with Crippen molar-refractivity contribution in [2.75, 3.05) is 20.6 Å². The van der Waals surface area contributed by atoms with E-state index in [-0.39, 0.29) is 5.41 Å². The molecular weight excluding hydrogens is 260 g/mol. The SMILES string of the molecule is CN(C)CC(C)(C)CC(NC(=O)OC(C)(C)C)C(=O)O. The molecule has 0 aromatic rings. The molecule has 2 N–H and O–H groups in total. The predicted molar refractivity (Wildman–Crippen MR) is 77.7 cm³/mol. The normalized spacial score (nSPS) is 14.0. The molecule has 6 heteroatoms. The zero-order valence-corrected chi connectivity index (χ0v) is 13.6. The number of hydrogen-bond donors (Lipinski definition) is 2. The number of ether oxygens (including phenoxy) is 1. The van der Waals surface area contributed by atoms with Gasteiger partial charge in [0.15, 0.2) is 0 Å². The monoisotopic (exact) mass is 288 g/mol. The second-order valence-electron chi connectivity index (χ2n) is 7.14. The Labute approximate surface area is 121 Å². The first kappa shape index (κ1) is 18.7. The van der Waals surface area contributed by atoms with Crippen LogP contribution in [0.5, 0.6) is 0 Å². The van der Waals surface area contributed by atoms with Crippen molar-refractivity contribution in [2.24, 2.45) is 5.41 Å². The Hall–Kier alpha value is -1.30. The molecule has 0 radical (unpaired) electrons. The molecule has 20 heavy (non-hydrogen) atoms. The van der Waals surface area contributed by atoms with Crippen molar-refractivity contribution in [3.05, 3.63) is 0 Å². The van der Waals surface area contributed by atoms with E-state index in [9.17, 15) is 14.7 Å². The standard InChI is InChI=1S/C14H28N2O4/c1-13(2,3)20-12(19)15-10(11(17)18)8-14(4,5)9-16(6)7/h10H,8-9H2,1-7H3,(H,15,19)(H,17,18). The van der Waals surface area contributed by atoms with Crippen molar-refractivity contribution < 1.29 is 19.4 Å². The van der Waals surface area contributed by atoms with Gasteiger partial charge in [-0.3, -0.25) is 0 Å². The molecule has 0 heterocycles. The van der Waals surface area contributed by atoms with E-state index in [1.165, 1.54) is 0 Å². The minimum Gasteiger partial charge on any atom is -0.480 e. The summed E-state index contributed by atoms with van der Waals surface area (Å²) in [7, 11) is 3.86. The van der Waals surface area contributed by atoms with Gasteiger partial charge in [0.1, 0.15) is 11.6 Å². The molecule has 0 aliphatic heterocycles. The highest BCUT2D eigenvalue weighted by Gasteiger charge is 2.30. The highest BCUT2D eigenvalue weighted by atomic mass is 16.6. The Kier molecular flexibility index (Phi) is 6.47. The van der Waals surface area contributed by atoms with Crippen LogP contribution in [0.3, 0.4) is 0 Å². The molecule has 0 bridgehead atoms. The number of carboxylic acid groups (broad SMARTS) is 1. The summed E-state index contributed by atoms with van der Waals surface area (Å²) < 4.78 is 5.09. The number of alkyl carbamates (subject to hydrolysis) is 1. The number of carbonyl (C=O) groups is 2. The summed E-state index contributed by atoms with van der Waals surface area (Å²) in [4.78, 5) is 24.9. The third kappa shape index (κ3) is 8.74. The van der Waals surface area contributed by atoms with Crippen molar-refractivity contribution in [3.8, 4) is 0 Å². The smallest absolute Gasteiger partial charge is 0.408 e. The number of carbonyl (C=O) groups excluding carboxylic acids is 1. The lowest BCUT2D eigenvalue weighted by atomic mass is 9.85. The number of rotatable bonds is 6. The molecule has 1 atom stereocenters. The molecule has 118 valence electrons. The Bertz CT molecular complexity index is 346. The van der Waals surface area contributed by atoms with Crippen LogP contribution in [-0.2, 0) is 9.53 Å². The molecule has 0 aliphatic carbocycles. The van der Waals surface area contributed by atoms with Crippen LogP contribution in [0.1, 0.15) is 41.0 Å². The van der Waals surface area contributed by atoms with Crippen LogP contribution < -0.4 is 5.32 Å². The van der Waals surface area contributed by atoms with Gasteiger partial charge in [0, 0.05) is 6.54 Å². The van der Waals surface area contributed by atoms with Crippen LogP contribution in [-0.4, -0.2) is 54.4 Å². The molecule has 0 spiro atoms. The van der Waals surface area contributed by atoms with E-state index in [1.54, 1.807) is 20.8 Å². The van der Waals surface area contributed by atoms with Gasteiger partial charge >= 0.3 is 12.1 Å². The Balaban J connectivity index is 4.67. The second kappa shape index (κ2) is 6.92. The topological polar surface area (TPSA) is 78.9 Å². The maximum Gasteiger partial charge on any atom is 0.408 e. The average Bonchev–Trinajstić information content (AvgIpc) is 2.09. The van der Waals surface area contributed by atoms with Gasteiger partial charge < -0.3 is 20.1 Å². The van der Waals surface area contributed by atoms with Crippen LogP contribution in [0.15, 0.2) is 0 Å². The lowest BCUT2D eigenvalue weighted by Gasteiger charge is -2.31. The van der Waals surface area contributed by atoms with Crippen LogP contribution in [0.2, 0.25) is 0 Å². The molecule has 0 fully saturated rings. The molecule has 1 unspecified atom stereocenters. The minimum atomic E-state index is -1.05. The van der Waals surface area contributed by atoms with Gasteiger partial charge in [-0.05, 0) is 46.7 Å². The summed E-state index contributed by atoms with van der Waals surface area (Å²) in [6, 6.07) is -0.959. The quantitative estimate of drug-likeness (QED) is 0.781. The molecule has 1 amide bonds. The molecular formula is C14H28N2O4. The second-order valence-corrected chi connectivity index (χ2v) is 7.14. The maximum atomic E-state index is 11.7. The summed E-state index contributed by atoms with van der Waals surface area (Å²) in [6.45, 7) is 9.88. The van der Waals surface area contributed by atoms with Gasteiger partial charge in [0.05, 0.1) is 0 Å². The number of carboxylic acids is 1. The lowest BCUT2D eigenvalue weighted by molar-refractivity contribution is -0.140. The van der Waals surface area contributed by atoms with E-state index in [4.69, 9.17) is 4.74 Å². The maximum absolute atomic E-state index is 11.7. The number of hydrogen-bond acceptors (Lipinski definition) is 4. The fourth-order valence-electron chi connectivity index (χ4n) is 2.12. The van der Waals surface area contributed by atoms with Crippen LogP contribution in [0.4, 0.5) is 4.79 Å². The van der Waals surface area contributed by atoms with Gasteiger partial charge in [-0.25, -0.2) is 9.59 Å². The van der Waals surface area contributed by atoms with E-state index < -0.39 is 23.7 Å². The molecule has 0 saturated carbocycles. The lowest BCUT2D eigenvalue weighted by Crippen LogP contribution is -2.46. The zero-order chi connectivity index (χ0) is 16.1. The van der Waals surface area contributed by atoms with Gasteiger partial charge in [-0.2, -0.15) is 0 Å². The van der Waals surface area contributed by atoms with Crippen LogP contribution in [0, 0.1) is 5.41 Å². The number of amides is 1.